The first-order valence-corrected chi connectivity index (χ1v) is 12.3. The number of rotatable bonds is 10. The number of likely N-dealkylation sites (tertiary alicyclic amines) is 1. The number of halogens is 1. The van der Waals surface area contributed by atoms with E-state index >= 15 is 0 Å². The quantitative estimate of drug-likeness (QED) is 0.153. The van der Waals surface area contributed by atoms with Crippen molar-refractivity contribution in [3.8, 4) is 17.2 Å². The Morgan fingerprint density at radius 2 is 1.76 bits per heavy atom. The highest BCUT2D eigenvalue weighted by Crippen LogP contribution is 2.41. The van der Waals surface area contributed by atoms with Crippen LogP contribution in [-0.4, -0.2) is 48.6 Å². The van der Waals surface area contributed by atoms with Crippen LogP contribution in [0.1, 0.15) is 30.5 Å². The van der Waals surface area contributed by atoms with Gasteiger partial charge in [0, 0.05) is 25.8 Å². The van der Waals surface area contributed by atoms with Gasteiger partial charge in [0.05, 0.1) is 23.2 Å². The Bertz CT molecular complexity index is 1310. The van der Waals surface area contributed by atoms with Crippen molar-refractivity contribution in [2.45, 2.75) is 19.4 Å². The normalized spacial score (nSPS) is 16.7. The van der Waals surface area contributed by atoms with Gasteiger partial charge in [0.25, 0.3) is 11.7 Å². The highest BCUT2D eigenvalue weighted by Gasteiger charge is 2.46. The number of ketones is 1. The molecule has 1 heterocycles. The summed E-state index contributed by atoms with van der Waals surface area (Å²) in [5, 5.41) is 11.6. The van der Waals surface area contributed by atoms with Crippen molar-refractivity contribution >= 4 is 29.1 Å². The molecule has 0 radical (unpaired) electrons. The molecular formula is C29H28ClNO6. The van der Waals surface area contributed by atoms with Crippen molar-refractivity contribution in [1.82, 2.24) is 4.90 Å². The SMILES string of the molecule is CCOc1ccc(C(O)=C2C(=O)C(=O)N(CCCOC)[C@@H]2c2cccc(Oc3ccccc3)c2)cc1Cl. The lowest BCUT2D eigenvalue weighted by molar-refractivity contribution is -0.140. The molecule has 1 fully saturated rings. The minimum absolute atomic E-state index is 0.0143. The summed E-state index contributed by atoms with van der Waals surface area (Å²) < 4.78 is 16.6. The van der Waals surface area contributed by atoms with Crippen LogP contribution in [0.3, 0.4) is 0 Å². The van der Waals surface area contributed by atoms with Crippen LogP contribution in [-0.2, 0) is 14.3 Å². The number of para-hydroxylation sites is 1. The summed E-state index contributed by atoms with van der Waals surface area (Å²) in [5.74, 6) is -0.110. The molecule has 7 nitrogen and oxygen atoms in total. The van der Waals surface area contributed by atoms with Gasteiger partial charge < -0.3 is 24.2 Å². The van der Waals surface area contributed by atoms with E-state index in [0.717, 1.165) is 0 Å². The molecule has 0 bridgehead atoms. The Morgan fingerprint density at radius 3 is 2.46 bits per heavy atom. The predicted molar refractivity (Wildman–Crippen MR) is 141 cm³/mol. The number of benzene rings is 3. The van der Waals surface area contributed by atoms with Gasteiger partial charge in [-0.1, -0.05) is 41.9 Å². The third kappa shape index (κ3) is 5.79. The number of aliphatic hydroxyl groups is 1. The average molecular weight is 522 g/mol. The fraction of sp³-hybridized carbons (Fsp3) is 0.241. The summed E-state index contributed by atoms with van der Waals surface area (Å²) in [6, 6.07) is 20.4. The molecule has 1 N–H and O–H groups in total. The van der Waals surface area contributed by atoms with Crippen LogP contribution in [0.5, 0.6) is 17.2 Å². The molecule has 8 heteroatoms. The molecule has 1 aliphatic heterocycles. The summed E-state index contributed by atoms with van der Waals surface area (Å²) in [6.07, 6.45) is 0.523. The average Bonchev–Trinajstić information content (AvgIpc) is 3.15. The maximum Gasteiger partial charge on any atom is 0.295 e. The topological polar surface area (TPSA) is 85.3 Å². The smallest absolute Gasteiger partial charge is 0.295 e. The molecule has 0 spiro atoms. The minimum atomic E-state index is -0.818. The lowest BCUT2D eigenvalue weighted by atomic mass is 9.95. The number of amides is 1. The van der Waals surface area contributed by atoms with Gasteiger partial charge in [-0.25, -0.2) is 0 Å². The van der Waals surface area contributed by atoms with Crippen molar-refractivity contribution < 1.29 is 28.9 Å². The lowest BCUT2D eigenvalue weighted by Gasteiger charge is -2.25. The molecule has 3 aromatic rings. The maximum absolute atomic E-state index is 13.2. The van der Waals surface area contributed by atoms with E-state index in [1.807, 2.05) is 37.3 Å². The van der Waals surface area contributed by atoms with Crippen LogP contribution in [0.25, 0.3) is 5.76 Å². The minimum Gasteiger partial charge on any atom is -0.507 e. The van der Waals surface area contributed by atoms with E-state index in [2.05, 4.69) is 0 Å². The van der Waals surface area contributed by atoms with Crippen molar-refractivity contribution in [2.24, 2.45) is 0 Å². The Kier molecular flexibility index (Phi) is 8.48. The highest BCUT2D eigenvalue weighted by molar-refractivity contribution is 6.46. The molecule has 4 rings (SSSR count). The summed E-state index contributed by atoms with van der Waals surface area (Å²) in [6.45, 7) is 2.96. The van der Waals surface area contributed by atoms with Crippen molar-refractivity contribution in [3.63, 3.8) is 0 Å². The lowest BCUT2D eigenvalue weighted by Crippen LogP contribution is -2.31. The summed E-state index contributed by atoms with van der Waals surface area (Å²) in [7, 11) is 1.58. The number of carbonyl (C=O) groups excluding carboxylic acids is 2. The monoisotopic (exact) mass is 521 g/mol. The number of Topliss-reactive ketones (excluding diaryl/α,β-unsaturated/α-hetero) is 1. The maximum atomic E-state index is 13.2. The summed E-state index contributed by atoms with van der Waals surface area (Å²) >= 11 is 6.34. The van der Waals surface area contributed by atoms with Crippen LogP contribution in [0.2, 0.25) is 5.02 Å². The van der Waals surface area contributed by atoms with Gasteiger partial charge in [0.2, 0.25) is 0 Å². The van der Waals surface area contributed by atoms with Gasteiger partial charge in [0.15, 0.2) is 0 Å². The molecule has 3 aromatic carbocycles. The van der Waals surface area contributed by atoms with E-state index in [1.54, 1.807) is 43.5 Å². The van der Waals surface area contributed by atoms with E-state index in [-0.39, 0.29) is 22.9 Å². The Labute approximate surface area is 220 Å². The molecule has 0 saturated carbocycles. The molecular weight excluding hydrogens is 494 g/mol. The largest absolute Gasteiger partial charge is 0.507 e. The Balaban J connectivity index is 1.78. The third-order valence-electron chi connectivity index (χ3n) is 5.95. The van der Waals surface area contributed by atoms with Gasteiger partial charge in [-0.3, -0.25) is 9.59 Å². The van der Waals surface area contributed by atoms with Crippen molar-refractivity contribution in [3.05, 3.63) is 94.5 Å². The number of ether oxygens (including phenoxy) is 3. The van der Waals surface area contributed by atoms with E-state index in [0.29, 0.717) is 48.0 Å². The zero-order valence-corrected chi connectivity index (χ0v) is 21.4. The number of methoxy groups -OCH3 is 1. The van der Waals surface area contributed by atoms with Crippen molar-refractivity contribution in [2.75, 3.05) is 26.9 Å². The summed E-state index contributed by atoms with van der Waals surface area (Å²) in [5.41, 5.74) is 0.924. The second-order valence-electron chi connectivity index (χ2n) is 8.40. The standard InChI is InChI=1S/C29H28ClNO6/c1-3-36-24-14-13-20(18-23(24)30)27(32)25-26(31(15-8-16-35-2)29(34)28(25)33)19-9-7-12-22(17-19)37-21-10-5-4-6-11-21/h4-7,9-14,17-18,26,32H,3,8,15-16H2,1-2H3/t26-/m1/s1. The first-order chi connectivity index (χ1) is 17.9. The van der Waals surface area contributed by atoms with Crippen LogP contribution >= 0.6 is 11.6 Å². The Morgan fingerprint density at radius 1 is 1.00 bits per heavy atom. The fourth-order valence-electron chi connectivity index (χ4n) is 4.29. The Hall–Kier alpha value is -3.81. The molecule has 0 aromatic heterocycles. The zero-order valence-electron chi connectivity index (χ0n) is 20.6. The fourth-order valence-corrected chi connectivity index (χ4v) is 4.52. The van der Waals surface area contributed by atoms with E-state index in [4.69, 9.17) is 25.8 Å². The summed E-state index contributed by atoms with van der Waals surface area (Å²) in [4.78, 5) is 27.8. The van der Waals surface area contributed by atoms with Gasteiger partial charge in [-0.15, -0.1) is 0 Å². The number of hydrogen-bond donors (Lipinski definition) is 1. The molecule has 0 unspecified atom stereocenters. The first kappa shape index (κ1) is 26.3. The van der Waals surface area contributed by atoms with Gasteiger partial charge in [0.1, 0.15) is 23.0 Å². The first-order valence-electron chi connectivity index (χ1n) is 12.0. The van der Waals surface area contributed by atoms with E-state index in [1.165, 1.54) is 11.0 Å². The van der Waals surface area contributed by atoms with Crippen LogP contribution in [0.4, 0.5) is 0 Å². The number of nitrogens with zero attached hydrogens (tertiary/aromatic N) is 1. The molecule has 192 valence electrons. The molecule has 1 amide bonds. The second-order valence-corrected chi connectivity index (χ2v) is 8.81. The molecule has 1 saturated heterocycles. The van der Waals surface area contributed by atoms with E-state index < -0.39 is 17.7 Å². The second kappa shape index (κ2) is 12.0. The molecule has 37 heavy (non-hydrogen) atoms. The zero-order chi connectivity index (χ0) is 26.4. The van der Waals surface area contributed by atoms with Crippen LogP contribution < -0.4 is 9.47 Å². The number of carbonyl (C=O) groups is 2. The highest BCUT2D eigenvalue weighted by atomic mass is 35.5. The van der Waals surface area contributed by atoms with Gasteiger partial charge in [-0.2, -0.15) is 0 Å². The molecule has 0 aliphatic carbocycles. The number of aliphatic hydroxyl groups excluding tert-OH is 1. The van der Waals surface area contributed by atoms with Gasteiger partial charge >= 0.3 is 0 Å². The van der Waals surface area contributed by atoms with Crippen LogP contribution in [0.15, 0.2) is 78.4 Å². The predicted octanol–water partition coefficient (Wildman–Crippen LogP) is 5.99. The molecule has 1 atom stereocenters. The van der Waals surface area contributed by atoms with Crippen molar-refractivity contribution in [1.29, 1.82) is 0 Å². The van der Waals surface area contributed by atoms with E-state index in [9.17, 15) is 14.7 Å². The molecule has 1 aliphatic rings. The van der Waals surface area contributed by atoms with Gasteiger partial charge in [-0.05, 0) is 61.4 Å². The third-order valence-corrected chi connectivity index (χ3v) is 6.24. The number of hydrogen-bond acceptors (Lipinski definition) is 6. The van der Waals surface area contributed by atoms with Crippen LogP contribution in [0, 0.1) is 0 Å².